The van der Waals surface area contributed by atoms with Crippen LogP contribution in [-0.4, -0.2) is 30.1 Å². The van der Waals surface area contributed by atoms with Gasteiger partial charge in [-0.2, -0.15) is 0 Å². The molecule has 0 saturated heterocycles. The van der Waals surface area contributed by atoms with Gasteiger partial charge in [0.2, 0.25) is 0 Å². The van der Waals surface area contributed by atoms with Crippen molar-refractivity contribution < 1.29 is 0 Å². The first-order chi connectivity index (χ1) is 16.2. The van der Waals surface area contributed by atoms with E-state index in [0.717, 1.165) is 34.3 Å². The maximum Gasteiger partial charge on any atom is 0.252 e. The topological polar surface area (TPSA) is 79.7 Å². The van der Waals surface area contributed by atoms with E-state index in [0.29, 0.717) is 13.1 Å². The van der Waals surface area contributed by atoms with E-state index in [4.69, 9.17) is 0 Å². The number of aromatic nitrogens is 5. The van der Waals surface area contributed by atoms with Gasteiger partial charge in [-0.15, -0.1) is 5.10 Å². The molecule has 2 aromatic carbocycles. The molecule has 1 atom stereocenters. The lowest BCUT2D eigenvalue weighted by Gasteiger charge is -2.32. The molecule has 4 rings (SSSR count). The summed E-state index contributed by atoms with van der Waals surface area (Å²) in [6.07, 6.45) is 0.812. The van der Waals surface area contributed by atoms with Gasteiger partial charge in [0.15, 0.2) is 5.82 Å². The quantitative estimate of drug-likeness (QED) is 0.420. The van der Waals surface area contributed by atoms with E-state index in [-0.39, 0.29) is 17.1 Å². The van der Waals surface area contributed by atoms with Crippen molar-refractivity contribution in [2.45, 2.75) is 72.6 Å². The van der Waals surface area contributed by atoms with Crippen molar-refractivity contribution in [3.05, 3.63) is 87.0 Å². The standard InChI is InChI=1S/C27H34N6O/c1-7-23(25-29-30-31-33(25)27(4,5)6)32(16-20-11-9-8-10-12-20)17-22-15-21-14-18(2)13-19(3)24(21)28-26(22)34/h8-15,23H,7,16-17H2,1-6H3,(H,28,34)/t23-/m0/s1. The zero-order chi connectivity index (χ0) is 24.5. The number of hydrogen-bond donors (Lipinski definition) is 1. The number of aryl methyl sites for hydroxylation is 2. The highest BCUT2D eigenvalue weighted by molar-refractivity contribution is 5.82. The van der Waals surface area contributed by atoms with Crippen LogP contribution in [0.3, 0.4) is 0 Å². The van der Waals surface area contributed by atoms with Crippen molar-refractivity contribution in [2.24, 2.45) is 0 Å². The zero-order valence-electron chi connectivity index (χ0n) is 21.0. The van der Waals surface area contributed by atoms with E-state index >= 15 is 0 Å². The number of fused-ring (bicyclic) bond motifs is 1. The Labute approximate surface area is 200 Å². The van der Waals surface area contributed by atoms with E-state index in [1.165, 1.54) is 11.1 Å². The van der Waals surface area contributed by atoms with Crippen molar-refractivity contribution in [1.82, 2.24) is 30.1 Å². The Kier molecular flexibility index (Phi) is 6.66. The van der Waals surface area contributed by atoms with Gasteiger partial charge in [-0.05, 0) is 80.1 Å². The van der Waals surface area contributed by atoms with Gasteiger partial charge in [0.05, 0.1) is 17.1 Å². The fraction of sp³-hybridized carbons (Fsp3) is 0.407. The molecule has 34 heavy (non-hydrogen) atoms. The van der Waals surface area contributed by atoms with Crippen LogP contribution in [0.25, 0.3) is 10.9 Å². The highest BCUT2D eigenvalue weighted by atomic mass is 16.1. The number of tetrazole rings is 1. The number of nitrogens with one attached hydrogen (secondary N) is 1. The third-order valence-electron chi connectivity index (χ3n) is 6.23. The summed E-state index contributed by atoms with van der Waals surface area (Å²) in [4.78, 5) is 18.6. The Morgan fingerprint density at radius 3 is 2.47 bits per heavy atom. The first-order valence-corrected chi connectivity index (χ1v) is 11.9. The molecule has 0 fully saturated rings. The van der Waals surface area contributed by atoms with Crippen LogP contribution < -0.4 is 5.56 Å². The van der Waals surface area contributed by atoms with E-state index < -0.39 is 0 Å². The number of nitrogens with zero attached hydrogens (tertiary/aromatic N) is 5. The van der Waals surface area contributed by atoms with E-state index in [1.54, 1.807) is 0 Å². The van der Waals surface area contributed by atoms with Crippen LogP contribution in [-0.2, 0) is 18.6 Å². The lowest BCUT2D eigenvalue weighted by molar-refractivity contribution is 0.153. The SMILES string of the molecule is CC[C@@H](c1nnnn1C(C)(C)C)N(Cc1ccccc1)Cc1cc2cc(C)cc(C)c2[nH]c1=O. The summed E-state index contributed by atoms with van der Waals surface area (Å²) in [6.45, 7) is 13.7. The van der Waals surface area contributed by atoms with E-state index in [1.807, 2.05) is 35.9 Å². The molecule has 1 N–H and O–H groups in total. The fourth-order valence-corrected chi connectivity index (χ4v) is 4.65. The molecule has 0 radical (unpaired) electrons. The summed E-state index contributed by atoms with van der Waals surface area (Å²) in [5.41, 5.74) is 4.78. The van der Waals surface area contributed by atoms with Gasteiger partial charge < -0.3 is 4.98 Å². The molecule has 4 aromatic rings. The number of pyridine rings is 1. The summed E-state index contributed by atoms with van der Waals surface area (Å²) in [5, 5.41) is 13.8. The second kappa shape index (κ2) is 9.50. The normalized spacial score (nSPS) is 13.0. The second-order valence-corrected chi connectivity index (χ2v) is 10.1. The molecule has 0 saturated carbocycles. The monoisotopic (exact) mass is 458 g/mol. The van der Waals surface area contributed by atoms with E-state index in [9.17, 15) is 4.79 Å². The minimum absolute atomic E-state index is 0.0521. The Morgan fingerprint density at radius 2 is 1.79 bits per heavy atom. The third-order valence-corrected chi connectivity index (χ3v) is 6.23. The zero-order valence-corrected chi connectivity index (χ0v) is 21.0. The van der Waals surface area contributed by atoms with Gasteiger partial charge in [0.1, 0.15) is 0 Å². The molecule has 178 valence electrons. The molecule has 0 unspecified atom stereocenters. The molecule has 2 aromatic heterocycles. The average Bonchev–Trinajstić information content (AvgIpc) is 3.26. The first-order valence-electron chi connectivity index (χ1n) is 11.9. The lowest BCUT2D eigenvalue weighted by Crippen LogP contribution is -2.35. The van der Waals surface area contributed by atoms with Gasteiger partial charge in [-0.1, -0.05) is 48.9 Å². The third kappa shape index (κ3) is 4.94. The molecule has 0 aliphatic heterocycles. The van der Waals surface area contributed by atoms with Crippen LogP contribution in [0.2, 0.25) is 0 Å². The maximum absolute atomic E-state index is 13.2. The molecule has 0 spiro atoms. The first kappa shape index (κ1) is 23.8. The molecule has 7 nitrogen and oxygen atoms in total. The van der Waals surface area contributed by atoms with Crippen LogP contribution in [0.1, 0.15) is 68.2 Å². The smallest absolute Gasteiger partial charge is 0.252 e. The largest absolute Gasteiger partial charge is 0.321 e. The molecule has 0 bridgehead atoms. The summed E-state index contributed by atoms with van der Waals surface area (Å²) in [6, 6.07) is 16.5. The minimum Gasteiger partial charge on any atom is -0.321 e. The van der Waals surface area contributed by atoms with Crippen molar-refractivity contribution in [1.29, 1.82) is 0 Å². The molecule has 0 amide bonds. The van der Waals surface area contributed by atoms with Crippen LogP contribution >= 0.6 is 0 Å². The number of aromatic amines is 1. The summed E-state index contributed by atoms with van der Waals surface area (Å²) in [7, 11) is 0. The number of benzene rings is 2. The molecule has 7 heteroatoms. The van der Waals surface area contributed by atoms with Gasteiger partial charge in [-0.25, -0.2) is 4.68 Å². The summed E-state index contributed by atoms with van der Waals surface area (Å²) >= 11 is 0. The van der Waals surface area contributed by atoms with Crippen LogP contribution in [0, 0.1) is 13.8 Å². The van der Waals surface area contributed by atoms with E-state index in [2.05, 4.69) is 84.3 Å². The van der Waals surface area contributed by atoms with Crippen molar-refractivity contribution >= 4 is 10.9 Å². The Hall–Kier alpha value is -3.32. The van der Waals surface area contributed by atoms with Crippen LogP contribution in [0.15, 0.2) is 53.3 Å². The summed E-state index contributed by atoms with van der Waals surface area (Å²) < 4.78 is 1.90. The Bertz CT molecular complexity index is 1330. The van der Waals surface area contributed by atoms with Gasteiger partial charge in [0, 0.05) is 18.7 Å². The van der Waals surface area contributed by atoms with Crippen LogP contribution in [0.5, 0.6) is 0 Å². The van der Waals surface area contributed by atoms with Gasteiger partial charge in [0.25, 0.3) is 5.56 Å². The average molecular weight is 459 g/mol. The summed E-state index contributed by atoms with van der Waals surface area (Å²) in [5.74, 6) is 0.815. The minimum atomic E-state index is -0.250. The lowest BCUT2D eigenvalue weighted by atomic mass is 10.0. The van der Waals surface area contributed by atoms with Crippen molar-refractivity contribution in [3.63, 3.8) is 0 Å². The van der Waals surface area contributed by atoms with Crippen LogP contribution in [0.4, 0.5) is 0 Å². The molecule has 0 aliphatic rings. The number of rotatable bonds is 7. The molecular weight excluding hydrogens is 424 g/mol. The van der Waals surface area contributed by atoms with Gasteiger partial charge in [-0.3, -0.25) is 9.69 Å². The maximum atomic E-state index is 13.2. The highest BCUT2D eigenvalue weighted by Crippen LogP contribution is 2.29. The Balaban J connectivity index is 1.79. The fourth-order valence-electron chi connectivity index (χ4n) is 4.65. The molecule has 2 heterocycles. The predicted octanol–water partition coefficient (Wildman–Crippen LogP) is 5.04. The van der Waals surface area contributed by atoms with Crippen molar-refractivity contribution in [2.75, 3.05) is 0 Å². The predicted molar refractivity (Wildman–Crippen MR) is 136 cm³/mol. The number of H-pyrrole nitrogens is 1. The molecular formula is C27H34N6O. The Morgan fingerprint density at radius 1 is 1.06 bits per heavy atom. The number of hydrogen-bond acceptors (Lipinski definition) is 5. The van der Waals surface area contributed by atoms with Gasteiger partial charge >= 0.3 is 0 Å². The highest BCUT2D eigenvalue weighted by Gasteiger charge is 2.29. The van der Waals surface area contributed by atoms with Crippen molar-refractivity contribution in [3.8, 4) is 0 Å². The molecule has 0 aliphatic carbocycles. The second-order valence-electron chi connectivity index (χ2n) is 10.1.